The first kappa shape index (κ1) is 14.6. The molecule has 0 aromatic heterocycles. The number of nitrogens with zero attached hydrogens (tertiary/aromatic N) is 1. The molecule has 2 atom stereocenters. The third kappa shape index (κ3) is 3.46. The fraction of sp³-hybridized carbons (Fsp3) is 0.611. The molecule has 1 N–H and O–H groups in total. The maximum atomic E-state index is 10.9. The first-order valence-electron chi connectivity index (χ1n) is 8.28. The third-order valence-electron chi connectivity index (χ3n) is 5.15. The zero-order valence-electron chi connectivity index (χ0n) is 12.6. The van der Waals surface area contributed by atoms with Gasteiger partial charge in [-0.3, -0.25) is 9.69 Å². The Morgan fingerprint density at radius 2 is 2.00 bits per heavy atom. The van der Waals surface area contributed by atoms with Gasteiger partial charge in [0.25, 0.3) is 0 Å². The first-order valence-corrected chi connectivity index (χ1v) is 8.28. The highest BCUT2D eigenvalue weighted by Gasteiger charge is 2.31. The average molecular weight is 287 g/mol. The van der Waals surface area contributed by atoms with Gasteiger partial charge >= 0.3 is 5.97 Å². The van der Waals surface area contributed by atoms with Gasteiger partial charge in [-0.25, -0.2) is 0 Å². The molecule has 1 aromatic rings. The van der Waals surface area contributed by atoms with Crippen LogP contribution in [0.2, 0.25) is 0 Å². The zero-order valence-corrected chi connectivity index (χ0v) is 12.6. The summed E-state index contributed by atoms with van der Waals surface area (Å²) in [7, 11) is 0. The minimum absolute atomic E-state index is 0.310. The van der Waals surface area contributed by atoms with Crippen molar-refractivity contribution in [3.63, 3.8) is 0 Å². The van der Waals surface area contributed by atoms with Crippen LogP contribution in [0.3, 0.4) is 0 Å². The van der Waals surface area contributed by atoms with Crippen molar-refractivity contribution in [1.29, 1.82) is 0 Å². The second-order valence-electron chi connectivity index (χ2n) is 6.49. The van der Waals surface area contributed by atoms with Crippen molar-refractivity contribution >= 4 is 5.97 Å². The van der Waals surface area contributed by atoms with Crippen LogP contribution in [0.4, 0.5) is 0 Å². The van der Waals surface area contributed by atoms with Gasteiger partial charge in [-0.15, -0.1) is 0 Å². The Morgan fingerprint density at radius 3 is 2.81 bits per heavy atom. The molecule has 1 aromatic carbocycles. The van der Waals surface area contributed by atoms with Crippen LogP contribution in [0.5, 0.6) is 0 Å². The number of fused-ring (bicyclic) bond motifs is 1. The largest absolute Gasteiger partial charge is 0.481 e. The molecule has 3 heteroatoms. The molecule has 1 fully saturated rings. The lowest BCUT2D eigenvalue weighted by Gasteiger charge is -2.43. The number of carboxylic acids is 1. The van der Waals surface area contributed by atoms with Crippen LogP contribution >= 0.6 is 0 Å². The van der Waals surface area contributed by atoms with Crippen molar-refractivity contribution in [3.05, 3.63) is 35.4 Å². The molecule has 21 heavy (non-hydrogen) atoms. The number of rotatable bonds is 4. The first-order chi connectivity index (χ1) is 10.2. The molecule has 0 amide bonds. The molecule has 3 nitrogen and oxygen atoms in total. The van der Waals surface area contributed by atoms with E-state index >= 15 is 0 Å². The Kier molecular flexibility index (Phi) is 4.59. The molecule has 2 unspecified atom stereocenters. The van der Waals surface area contributed by atoms with E-state index in [-0.39, 0.29) is 0 Å². The van der Waals surface area contributed by atoms with E-state index in [1.54, 1.807) is 0 Å². The minimum Gasteiger partial charge on any atom is -0.481 e. The Balaban J connectivity index is 1.68. The predicted molar refractivity (Wildman–Crippen MR) is 83.5 cm³/mol. The lowest BCUT2D eigenvalue weighted by atomic mass is 9.85. The van der Waals surface area contributed by atoms with Crippen LogP contribution in [0.25, 0.3) is 0 Å². The molecule has 0 bridgehead atoms. The Hall–Kier alpha value is -1.35. The fourth-order valence-corrected chi connectivity index (χ4v) is 4.07. The van der Waals surface area contributed by atoms with Gasteiger partial charge in [-0.05, 0) is 56.2 Å². The number of carbonyl (C=O) groups is 1. The highest BCUT2D eigenvalue weighted by Crippen LogP contribution is 2.30. The second-order valence-corrected chi connectivity index (χ2v) is 6.49. The Bertz CT molecular complexity index is 500. The van der Waals surface area contributed by atoms with Crippen LogP contribution < -0.4 is 0 Å². The summed E-state index contributed by atoms with van der Waals surface area (Å²) in [4.78, 5) is 13.5. The molecule has 2 aliphatic rings. The van der Waals surface area contributed by atoms with Gasteiger partial charge in [0.1, 0.15) is 0 Å². The molecule has 1 aliphatic carbocycles. The normalized spacial score (nSPS) is 26.3. The summed E-state index contributed by atoms with van der Waals surface area (Å²) in [6.07, 6.45) is 8.35. The van der Waals surface area contributed by atoms with Crippen molar-refractivity contribution in [3.8, 4) is 0 Å². The molecule has 3 rings (SSSR count). The Labute approximate surface area is 127 Å². The van der Waals surface area contributed by atoms with Crippen molar-refractivity contribution in [2.45, 2.75) is 63.5 Å². The van der Waals surface area contributed by atoms with Crippen LogP contribution in [-0.4, -0.2) is 34.6 Å². The summed E-state index contributed by atoms with van der Waals surface area (Å²) in [5.74, 6) is -0.658. The second kappa shape index (κ2) is 6.61. The number of likely N-dealkylation sites (tertiary alicyclic amines) is 1. The number of hydrogen-bond acceptors (Lipinski definition) is 2. The number of benzene rings is 1. The molecule has 0 spiro atoms. The number of hydrogen-bond donors (Lipinski definition) is 1. The van der Waals surface area contributed by atoms with Gasteiger partial charge < -0.3 is 5.11 Å². The summed E-state index contributed by atoms with van der Waals surface area (Å²) in [5, 5.41) is 8.95. The number of carboxylic acid groups (broad SMARTS) is 1. The lowest BCUT2D eigenvalue weighted by Crippen LogP contribution is -2.48. The van der Waals surface area contributed by atoms with Crippen LogP contribution in [0.1, 0.15) is 49.7 Å². The summed E-state index contributed by atoms with van der Waals surface area (Å²) in [5.41, 5.74) is 3.00. The summed E-state index contributed by atoms with van der Waals surface area (Å²) < 4.78 is 0. The van der Waals surface area contributed by atoms with Gasteiger partial charge in [0.2, 0.25) is 0 Å². The minimum atomic E-state index is -0.658. The quantitative estimate of drug-likeness (QED) is 0.924. The van der Waals surface area contributed by atoms with Crippen LogP contribution in [0.15, 0.2) is 24.3 Å². The molecule has 1 saturated heterocycles. The topological polar surface area (TPSA) is 40.5 Å². The maximum absolute atomic E-state index is 10.9. The number of aryl methyl sites for hydroxylation is 1. The van der Waals surface area contributed by atoms with Gasteiger partial charge in [-0.2, -0.15) is 0 Å². The van der Waals surface area contributed by atoms with E-state index in [9.17, 15) is 4.79 Å². The smallest absolute Gasteiger partial charge is 0.303 e. The zero-order chi connectivity index (χ0) is 14.7. The van der Waals surface area contributed by atoms with Crippen molar-refractivity contribution in [1.82, 2.24) is 4.90 Å². The summed E-state index contributed by atoms with van der Waals surface area (Å²) >= 11 is 0. The highest BCUT2D eigenvalue weighted by atomic mass is 16.4. The van der Waals surface area contributed by atoms with E-state index in [0.717, 1.165) is 19.4 Å². The van der Waals surface area contributed by atoms with Crippen LogP contribution in [0, 0.1) is 0 Å². The summed E-state index contributed by atoms with van der Waals surface area (Å²) in [6, 6.07) is 9.88. The molecule has 1 aliphatic heterocycles. The highest BCUT2D eigenvalue weighted by molar-refractivity contribution is 5.66. The maximum Gasteiger partial charge on any atom is 0.303 e. The van der Waals surface area contributed by atoms with Gasteiger partial charge in [0.15, 0.2) is 0 Å². The lowest BCUT2D eigenvalue weighted by molar-refractivity contribution is -0.137. The Morgan fingerprint density at radius 1 is 1.19 bits per heavy atom. The van der Waals surface area contributed by atoms with E-state index < -0.39 is 5.97 Å². The van der Waals surface area contributed by atoms with Crippen molar-refractivity contribution in [2.75, 3.05) is 6.54 Å². The molecule has 1 heterocycles. The van der Waals surface area contributed by atoms with Gasteiger partial charge in [-0.1, -0.05) is 30.7 Å². The van der Waals surface area contributed by atoms with E-state index in [2.05, 4.69) is 29.2 Å². The molecular weight excluding hydrogens is 262 g/mol. The number of piperidine rings is 1. The average Bonchev–Trinajstić information content (AvgIpc) is 2.52. The fourth-order valence-electron chi connectivity index (χ4n) is 4.07. The van der Waals surface area contributed by atoms with Crippen molar-refractivity contribution in [2.24, 2.45) is 0 Å². The van der Waals surface area contributed by atoms with E-state index in [0.29, 0.717) is 18.5 Å². The molecule has 114 valence electrons. The van der Waals surface area contributed by atoms with E-state index in [4.69, 9.17) is 5.11 Å². The van der Waals surface area contributed by atoms with Crippen LogP contribution in [-0.2, 0) is 17.6 Å². The predicted octanol–water partition coefficient (Wildman–Crippen LogP) is 3.26. The molecule has 0 radical (unpaired) electrons. The van der Waals surface area contributed by atoms with E-state index in [1.165, 1.54) is 43.2 Å². The molecular formula is C18H25NO2. The number of aliphatic carboxylic acids is 1. The van der Waals surface area contributed by atoms with Crippen molar-refractivity contribution < 1.29 is 9.90 Å². The standard InChI is InChI=1S/C18H25NO2/c20-18(21)11-10-16-7-3-4-12-19(16)17-9-8-14-5-1-2-6-15(14)13-17/h1-2,5-6,16-17H,3-4,7-13H2,(H,20,21). The third-order valence-corrected chi connectivity index (χ3v) is 5.15. The van der Waals surface area contributed by atoms with Gasteiger partial charge in [0.05, 0.1) is 0 Å². The van der Waals surface area contributed by atoms with Gasteiger partial charge in [0, 0.05) is 18.5 Å². The van der Waals surface area contributed by atoms with E-state index in [1.807, 2.05) is 0 Å². The SMILES string of the molecule is O=C(O)CCC1CCCCN1C1CCc2ccccc2C1. The molecule has 0 saturated carbocycles. The summed E-state index contributed by atoms with van der Waals surface area (Å²) in [6.45, 7) is 1.15. The monoisotopic (exact) mass is 287 g/mol.